The van der Waals surface area contributed by atoms with E-state index < -0.39 is 5.97 Å². The van der Waals surface area contributed by atoms with Gasteiger partial charge >= 0.3 is 5.97 Å². The standard InChI is InChI=1S/C16H13N3O2/c17-14-8-11(5-6-13(14)16(20)21)19-12-7-10-3-1-2-4-15(10)18-9-12/h1-9,19H,17H2,(H,20,21). The number of benzene rings is 2. The summed E-state index contributed by atoms with van der Waals surface area (Å²) in [6.07, 6.45) is 1.73. The molecule has 0 radical (unpaired) electrons. The van der Waals surface area contributed by atoms with Gasteiger partial charge in [0, 0.05) is 16.8 Å². The zero-order valence-electron chi connectivity index (χ0n) is 11.1. The van der Waals surface area contributed by atoms with E-state index in [0.717, 1.165) is 22.3 Å². The second kappa shape index (κ2) is 5.13. The fourth-order valence-electron chi connectivity index (χ4n) is 2.14. The number of carboxylic acid groups (broad SMARTS) is 1. The third-order valence-corrected chi connectivity index (χ3v) is 3.16. The Hall–Kier alpha value is -3.08. The van der Waals surface area contributed by atoms with E-state index in [1.807, 2.05) is 30.3 Å². The first-order valence-electron chi connectivity index (χ1n) is 6.38. The number of carboxylic acids is 1. The molecular formula is C16H13N3O2. The Balaban J connectivity index is 1.91. The van der Waals surface area contributed by atoms with Gasteiger partial charge in [0.05, 0.1) is 23.0 Å². The number of fused-ring (bicyclic) bond motifs is 1. The maximum atomic E-state index is 10.9. The summed E-state index contributed by atoms with van der Waals surface area (Å²) >= 11 is 0. The fourth-order valence-corrected chi connectivity index (χ4v) is 2.14. The Morgan fingerprint density at radius 3 is 2.67 bits per heavy atom. The number of rotatable bonds is 3. The maximum Gasteiger partial charge on any atom is 0.337 e. The van der Waals surface area contributed by atoms with E-state index in [-0.39, 0.29) is 11.3 Å². The molecule has 21 heavy (non-hydrogen) atoms. The van der Waals surface area contributed by atoms with Crippen LogP contribution in [-0.2, 0) is 0 Å². The van der Waals surface area contributed by atoms with Crippen molar-refractivity contribution in [2.45, 2.75) is 0 Å². The molecule has 1 heterocycles. The van der Waals surface area contributed by atoms with Crippen LogP contribution in [0.4, 0.5) is 17.1 Å². The second-order valence-corrected chi connectivity index (χ2v) is 4.65. The van der Waals surface area contributed by atoms with Crippen LogP contribution >= 0.6 is 0 Å². The lowest BCUT2D eigenvalue weighted by Crippen LogP contribution is -2.03. The third kappa shape index (κ3) is 2.62. The molecule has 1 aromatic heterocycles. The predicted octanol–water partition coefficient (Wildman–Crippen LogP) is 3.26. The summed E-state index contributed by atoms with van der Waals surface area (Å²) in [6.45, 7) is 0. The minimum Gasteiger partial charge on any atom is -0.478 e. The summed E-state index contributed by atoms with van der Waals surface area (Å²) in [5, 5.41) is 13.1. The highest BCUT2D eigenvalue weighted by atomic mass is 16.4. The molecule has 0 saturated heterocycles. The SMILES string of the molecule is Nc1cc(Nc2cnc3ccccc3c2)ccc1C(=O)O. The topological polar surface area (TPSA) is 88.2 Å². The Morgan fingerprint density at radius 1 is 1.10 bits per heavy atom. The molecule has 3 aromatic rings. The lowest BCUT2D eigenvalue weighted by molar-refractivity contribution is 0.0698. The molecule has 2 aromatic carbocycles. The van der Waals surface area contributed by atoms with Crippen molar-refractivity contribution in [2.24, 2.45) is 0 Å². The minimum atomic E-state index is -1.04. The summed E-state index contributed by atoms with van der Waals surface area (Å²) in [4.78, 5) is 15.3. The number of aromatic nitrogens is 1. The van der Waals surface area contributed by atoms with Crippen LogP contribution in [0, 0.1) is 0 Å². The van der Waals surface area contributed by atoms with E-state index in [0.29, 0.717) is 0 Å². The highest BCUT2D eigenvalue weighted by Gasteiger charge is 2.08. The van der Waals surface area contributed by atoms with E-state index in [2.05, 4.69) is 10.3 Å². The molecule has 4 N–H and O–H groups in total. The third-order valence-electron chi connectivity index (χ3n) is 3.16. The first-order valence-corrected chi connectivity index (χ1v) is 6.38. The molecule has 0 bridgehead atoms. The van der Waals surface area contributed by atoms with E-state index in [9.17, 15) is 4.79 Å². The molecule has 5 heteroatoms. The van der Waals surface area contributed by atoms with Crippen molar-refractivity contribution in [3.63, 3.8) is 0 Å². The summed E-state index contributed by atoms with van der Waals surface area (Å²) in [5.41, 5.74) is 8.50. The van der Waals surface area contributed by atoms with E-state index in [1.54, 1.807) is 18.3 Å². The van der Waals surface area contributed by atoms with Gasteiger partial charge in [0.2, 0.25) is 0 Å². The van der Waals surface area contributed by atoms with Crippen LogP contribution in [0.3, 0.4) is 0 Å². The van der Waals surface area contributed by atoms with Crippen molar-refractivity contribution in [3.8, 4) is 0 Å². The number of aromatic carboxylic acids is 1. The Morgan fingerprint density at radius 2 is 1.90 bits per heavy atom. The number of para-hydroxylation sites is 1. The Bertz CT molecular complexity index is 831. The fraction of sp³-hybridized carbons (Fsp3) is 0. The van der Waals surface area contributed by atoms with Crippen LogP contribution in [-0.4, -0.2) is 16.1 Å². The molecule has 5 nitrogen and oxygen atoms in total. The number of nitrogens with zero attached hydrogens (tertiary/aromatic N) is 1. The van der Waals surface area contributed by atoms with Crippen molar-refractivity contribution >= 4 is 33.9 Å². The molecule has 0 aliphatic rings. The number of nitrogen functional groups attached to an aromatic ring is 1. The van der Waals surface area contributed by atoms with Crippen molar-refractivity contribution < 1.29 is 9.90 Å². The Labute approximate surface area is 121 Å². The zero-order valence-corrected chi connectivity index (χ0v) is 11.1. The summed E-state index contributed by atoms with van der Waals surface area (Å²) in [6, 6.07) is 14.5. The monoisotopic (exact) mass is 279 g/mol. The molecule has 0 fully saturated rings. The van der Waals surface area contributed by atoms with E-state index in [4.69, 9.17) is 10.8 Å². The average molecular weight is 279 g/mol. The maximum absolute atomic E-state index is 10.9. The largest absolute Gasteiger partial charge is 0.478 e. The van der Waals surface area contributed by atoms with Crippen molar-refractivity contribution in [1.82, 2.24) is 4.98 Å². The number of anilines is 3. The number of hydrogen-bond acceptors (Lipinski definition) is 4. The van der Waals surface area contributed by atoms with Crippen molar-refractivity contribution in [3.05, 3.63) is 60.3 Å². The molecule has 0 unspecified atom stereocenters. The van der Waals surface area contributed by atoms with Gasteiger partial charge < -0.3 is 16.2 Å². The van der Waals surface area contributed by atoms with Crippen LogP contribution in [0.5, 0.6) is 0 Å². The highest BCUT2D eigenvalue weighted by molar-refractivity contribution is 5.94. The van der Waals surface area contributed by atoms with Gasteiger partial charge in [-0.25, -0.2) is 4.79 Å². The molecular weight excluding hydrogens is 266 g/mol. The second-order valence-electron chi connectivity index (χ2n) is 4.65. The van der Waals surface area contributed by atoms with Crippen LogP contribution in [0.1, 0.15) is 10.4 Å². The molecule has 0 atom stereocenters. The molecule has 0 saturated carbocycles. The molecule has 3 rings (SSSR count). The van der Waals surface area contributed by atoms with Crippen LogP contribution in [0.15, 0.2) is 54.7 Å². The summed E-state index contributed by atoms with van der Waals surface area (Å²) in [5.74, 6) is -1.04. The number of nitrogens with two attached hydrogens (primary N) is 1. The molecule has 0 aliphatic heterocycles. The molecule has 0 aliphatic carbocycles. The van der Waals surface area contributed by atoms with Gasteiger partial charge in [-0.05, 0) is 30.3 Å². The normalized spacial score (nSPS) is 10.5. The lowest BCUT2D eigenvalue weighted by Gasteiger charge is -2.09. The molecule has 104 valence electrons. The number of hydrogen-bond donors (Lipinski definition) is 3. The van der Waals surface area contributed by atoms with Crippen LogP contribution in [0.25, 0.3) is 10.9 Å². The average Bonchev–Trinajstić information content (AvgIpc) is 2.47. The summed E-state index contributed by atoms with van der Waals surface area (Å²) in [7, 11) is 0. The predicted molar refractivity (Wildman–Crippen MR) is 82.8 cm³/mol. The smallest absolute Gasteiger partial charge is 0.337 e. The van der Waals surface area contributed by atoms with Gasteiger partial charge in [0.25, 0.3) is 0 Å². The van der Waals surface area contributed by atoms with Gasteiger partial charge in [-0.3, -0.25) is 4.98 Å². The Kier molecular flexibility index (Phi) is 3.16. The van der Waals surface area contributed by atoms with Crippen LogP contribution < -0.4 is 11.1 Å². The first-order chi connectivity index (χ1) is 10.1. The van der Waals surface area contributed by atoms with E-state index >= 15 is 0 Å². The molecule has 0 spiro atoms. The number of carbonyl (C=O) groups is 1. The zero-order chi connectivity index (χ0) is 14.8. The van der Waals surface area contributed by atoms with Gasteiger partial charge in [0.15, 0.2) is 0 Å². The number of pyridine rings is 1. The first kappa shape index (κ1) is 12.9. The van der Waals surface area contributed by atoms with Gasteiger partial charge in [0.1, 0.15) is 0 Å². The quantitative estimate of drug-likeness (QED) is 0.640. The van der Waals surface area contributed by atoms with E-state index in [1.165, 1.54) is 6.07 Å². The van der Waals surface area contributed by atoms with Gasteiger partial charge in [-0.2, -0.15) is 0 Å². The van der Waals surface area contributed by atoms with Crippen molar-refractivity contribution in [1.29, 1.82) is 0 Å². The summed E-state index contributed by atoms with van der Waals surface area (Å²) < 4.78 is 0. The van der Waals surface area contributed by atoms with Crippen LogP contribution in [0.2, 0.25) is 0 Å². The van der Waals surface area contributed by atoms with Crippen molar-refractivity contribution in [2.75, 3.05) is 11.1 Å². The minimum absolute atomic E-state index is 0.0946. The highest BCUT2D eigenvalue weighted by Crippen LogP contribution is 2.23. The van der Waals surface area contributed by atoms with Gasteiger partial charge in [-0.15, -0.1) is 0 Å². The molecule has 0 amide bonds. The lowest BCUT2D eigenvalue weighted by atomic mass is 10.1. The number of nitrogens with one attached hydrogen (secondary N) is 1. The van der Waals surface area contributed by atoms with Gasteiger partial charge in [-0.1, -0.05) is 18.2 Å².